The molecule has 0 atom stereocenters. The number of nitrogens with zero attached hydrogens (tertiary/aromatic N) is 1. The van der Waals surface area contributed by atoms with E-state index in [-0.39, 0.29) is 5.78 Å². The van der Waals surface area contributed by atoms with E-state index < -0.39 is 0 Å². The highest BCUT2D eigenvalue weighted by molar-refractivity contribution is 7.10. The summed E-state index contributed by atoms with van der Waals surface area (Å²) in [5.74, 6) is 0.142. The van der Waals surface area contributed by atoms with Gasteiger partial charge in [-0.2, -0.15) is 0 Å². The summed E-state index contributed by atoms with van der Waals surface area (Å²) in [7, 11) is 0. The van der Waals surface area contributed by atoms with E-state index in [2.05, 4.69) is 4.98 Å². The Hall–Kier alpha value is -1.48. The van der Waals surface area contributed by atoms with Gasteiger partial charge in [0.25, 0.3) is 0 Å². The molecule has 0 aliphatic heterocycles. The van der Waals surface area contributed by atoms with Gasteiger partial charge in [-0.15, -0.1) is 11.3 Å². The van der Waals surface area contributed by atoms with Gasteiger partial charge in [0.05, 0.1) is 0 Å². The SMILES string of the molecule is Cc1ccncc1C(=O)Cc1cccs1. The largest absolute Gasteiger partial charge is 0.294 e. The molecule has 2 aromatic rings. The van der Waals surface area contributed by atoms with Crippen molar-refractivity contribution in [1.82, 2.24) is 4.98 Å². The van der Waals surface area contributed by atoms with Crippen molar-refractivity contribution in [3.8, 4) is 0 Å². The van der Waals surface area contributed by atoms with Gasteiger partial charge < -0.3 is 0 Å². The van der Waals surface area contributed by atoms with E-state index in [4.69, 9.17) is 0 Å². The van der Waals surface area contributed by atoms with E-state index in [1.165, 1.54) is 0 Å². The van der Waals surface area contributed by atoms with Crippen LogP contribution >= 0.6 is 11.3 Å². The van der Waals surface area contributed by atoms with Gasteiger partial charge in [-0.3, -0.25) is 9.78 Å². The lowest BCUT2D eigenvalue weighted by atomic mass is 10.1. The summed E-state index contributed by atoms with van der Waals surface area (Å²) in [6.07, 6.45) is 3.83. The number of hydrogen-bond donors (Lipinski definition) is 0. The molecule has 0 amide bonds. The number of pyridine rings is 1. The summed E-state index contributed by atoms with van der Waals surface area (Å²) in [5, 5.41) is 1.98. The standard InChI is InChI=1S/C12H11NOS/c1-9-4-5-13-8-11(9)12(14)7-10-3-2-6-15-10/h2-6,8H,7H2,1H3. The maximum Gasteiger partial charge on any atom is 0.169 e. The molecule has 0 saturated carbocycles. The minimum atomic E-state index is 0.142. The fourth-order valence-corrected chi connectivity index (χ4v) is 2.13. The molecule has 2 heterocycles. The summed E-state index contributed by atoms with van der Waals surface area (Å²) in [6, 6.07) is 5.80. The molecule has 2 aromatic heterocycles. The van der Waals surface area contributed by atoms with Gasteiger partial charge in [0.1, 0.15) is 0 Å². The lowest BCUT2D eigenvalue weighted by Gasteiger charge is -2.02. The molecule has 0 spiro atoms. The van der Waals surface area contributed by atoms with Gasteiger partial charge in [0.2, 0.25) is 0 Å². The van der Waals surface area contributed by atoms with Crippen LogP contribution in [0.15, 0.2) is 36.0 Å². The molecular formula is C12H11NOS. The quantitative estimate of drug-likeness (QED) is 0.740. The highest BCUT2D eigenvalue weighted by atomic mass is 32.1. The van der Waals surface area contributed by atoms with Crippen molar-refractivity contribution in [3.05, 3.63) is 52.0 Å². The number of carbonyl (C=O) groups excluding carboxylic acids is 1. The molecule has 15 heavy (non-hydrogen) atoms. The topological polar surface area (TPSA) is 30.0 Å². The summed E-state index contributed by atoms with van der Waals surface area (Å²) < 4.78 is 0. The number of hydrogen-bond acceptors (Lipinski definition) is 3. The van der Waals surface area contributed by atoms with Gasteiger partial charge in [0, 0.05) is 29.3 Å². The Morgan fingerprint density at radius 2 is 2.33 bits per heavy atom. The molecule has 3 heteroatoms. The maximum absolute atomic E-state index is 11.9. The van der Waals surface area contributed by atoms with Crippen molar-refractivity contribution in [1.29, 1.82) is 0 Å². The lowest BCUT2D eigenvalue weighted by Crippen LogP contribution is -2.04. The Kier molecular flexibility index (Phi) is 2.92. The second kappa shape index (κ2) is 4.36. The van der Waals surface area contributed by atoms with Gasteiger partial charge in [0.15, 0.2) is 5.78 Å². The van der Waals surface area contributed by atoms with Crippen LogP contribution in [0.5, 0.6) is 0 Å². The first-order valence-electron chi connectivity index (χ1n) is 4.73. The molecule has 0 bridgehead atoms. The Morgan fingerprint density at radius 1 is 1.47 bits per heavy atom. The summed E-state index contributed by atoms with van der Waals surface area (Å²) in [6.45, 7) is 1.93. The number of carbonyl (C=O) groups is 1. The fraction of sp³-hybridized carbons (Fsp3) is 0.167. The van der Waals surface area contributed by atoms with Crippen molar-refractivity contribution in [2.24, 2.45) is 0 Å². The van der Waals surface area contributed by atoms with Gasteiger partial charge in [-0.1, -0.05) is 6.07 Å². The number of aryl methyl sites for hydroxylation is 1. The predicted molar refractivity (Wildman–Crippen MR) is 61.3 cm³/mol. The van der Waals surface area contributed by atoms with Crippen molar-refractivity contribution in [3.63, 3.8) is 0 Å². The first kappa shape index (κ1) is 10.1. The van der Waals surface area contributed by atoms with E-state index in [0.29, 0.717) is 6.42 Å². The second-order valence-corrected chi connectivity index (χ2v) is 4.40. The molecule has 0 aliphatic carbocycles. The monoisotopic (exact) mass is 217 g/mol. The van der Waals surface area contributed by atoms with Crippen LogP contribution in [-0.4, -0.2) is 10.8 Å². The third-order valence-electron chi connectivity index (χ3n) is 2.25. The Bertz CT molecular complexity index is 462. The van der Waals surface area contributed by atoms with Crippen LogP contribution in [0.25, 0.3) is 0 Å². The third kappa shape index (κ3) is 2.30. The van der Waals surface area contributed by atoms with Crippen LogP contribution in [0.1, 0.15) is 20.8 Å². The Balaban J connectivity index is 2.19. The van der Waals surface area contributed by atoms with Gasteiger partial charge >= 0.3 is 0 Å². The van der Waals surface area contributed by atoms with Crippen LogP contribution in [0.4, 0.5) is 0 Å². The first-order chi connectivity index (χ1) is 7.27. The molecule has 0 aliphatic rings. The van der Waals surface area contributed by atoms with Gasteiger partial charge in [-0.25, -0.2) is 0 Å². The third-order valence-corrected chi connectivity index (χ3v) is 3.13. The number of Topliss-reactive ketones (excluding diaryl/α,β-unsaturated/α-hetero) is 1. The maximum atomic E-state index is 11.9. The molecule has 2 rings (SSSR count). The van der Waals surface area contributed by atoms with E-state index >= 15 is 0 Å². The summed E-state index contributed by atoms with van der Waals surface area (Å²) in [5.41, 5.74) is 1.72. The molecular weight excluding hydrogens is 206 g/mol. The van der Waals surface area contributed by atoms with E-state index in [1.807, 2.05) is 30.5 Å². The van der Waals surface area contributed by atoms with Crippen LogP contribution in [-0.2, 0) is 6.42 Å². The van der Waals surface area contributed by atoms with E-state index in [0.717, 1.165) is 16.0 Å². The predicted octanol–water partition coefficient (Wildman–Crippen LogP) is 2.88. The van der Waals surface area contributed by atoms with Crippen LogP contribution in [0.3, 0.4) is 0 Å². The van der Waals surface area contributed by atoms with Crippen molar-refractivity contribution in [2.75, 3.05) is 0 Å². The zero-order valence-electron chi connectivity index (χ0n) is 8.43. The molecule has 0 fully saturated rings. The molecule has 0 aromatic carbocycles. The molecule has 76 valence electrons. The van der Waals surface area contributed by atoms with Crippen LogP contribution in [0, 0.1) is 6.92 Å². The number of aromatic nitrogens is 1. The molecule has 0 unspecified atom stereocenters. The molecule has 0 saturated heterocycles. The van der Waals surface area contributed by atoms with E-state index in [9.17, 15) is 4.79 Å². The molecule has 0 radical (unpaired) electrons. The summed E-state index contributed by atoms with van der Waals surface area (Å²) >= 11 is 1.61. The van der Waals surface area contributed by atoms with Gasteiger partial charge in [-0.05, 0) is 30.0 Å². The number of rotatable bonds is 3. The molecule has 0 N–H and O–H groups in total. The zero-order valence-corrected chi connectivity index (χ0v) is 9.25. The van der Waals surface area contributed by atoms with Crippen molar-refractivity contribution >= 4 is 17.1 Å². The Labute approximate surface area is 92.6 Å². The average molecular weight is 217 g/mol. The average Bonchev–Trinajstić information content (AvgIpc) is 2.71. The van der Waals surface area contributed by atoms with Crippen molar-refractivity contribution < 1.29 is 4.79 Å². The summed E-state index contributed by atoms with van der Waals surface area (Å²) in [4.78, 5) is 17.0. The van der Waals surface area contributed by atoms with Crippen molar-refractivity contribution in [2.45, 2.75) is 13.3 Å². The first-order valence-corrected chi connectivity index (χ1v) is 5.61. The van der Waals surface area contributed by atoms with E-state index in [1.54, 1.807) is 23.7 Å². The van der Waals surface area contributed by atoms with Crippen LogP contribution < -0.4 is 0 Å². The number of ketones is 1. The highest BCUT2D eigenvalue weighted by Crippen LogP contribution is 2.14. The minimum Gasteiger partial charge on any atom is -0.294 e. The normalized spacial score (nSPS) is 10.2. The smallest absolute Gasteiger partial charge is 0.169 e. The highest BCUT2D eigenvalue weighted by Gasteiger charge is 2.09. The molecule has 2 nitrogen and oxygen atoms in total. The zero-order chi connectivity index (χ0) is 10.7. The minimum absolute atomic E-state index is 0.142. The lowest BCUT2D eigenvalue weighted by molar-refractivity contribution is 0.0993. The second-order valence-electron chi connectivity index (χ2n) is 3.37. The number of thiophene rings is 1. The Morgan fingerprint density at radius 3 is 3.00 bits per heavy atom. The fourth-order valence-electron chi connectivity index (χ4n) is 1.42. The van der Waals surface area contributed by atoms with Crippen LogP contribution in [0.2, 0.25) is 0 Å².